The summed E-state index contributed by atoms with van der Waals surface area (Å²) in [5, 5.41) is 4.15. The molecule has 1 aliphatic heterocycles. The molecule has 1 aliphatic rings. The van der Waals surface area contributed by atoms with Crippen molar-refractivity contribution in [1.82, 2.24) is 14.9 Å². The van der Waals surface area contributed by atoms with Crippen LogP contribution in [0.3, 0.4) is 0 Å². The Kier molecular flexibility index (Phi) is 7.14. The Hall–Kier alpha value is -2.46. The van der Waals surface area contributed by atoms with Gasteiger partial charge >= 0.3 is 12.0 Å². The van der Waals surface area contributed by atoms with Crippen LogP contribution in [0.1, 0.15) is 30.6 Å². The van der Waals surface area contributed by atoms with Gasteiger partial charge in [-0.3, -0.25) is 10.1 Å². The number of imide groups is 1. The topological polar surface area (TPSA) is 122 Å². The van der Waals surface area contributed by atoms with E-state index in [4.69, 9.17) is 4.74 Å². The normalized spacial score (nSPS) is 20.2. The predicted molar refractivity (Wildman–Crippen MR) is 101 cm³/mol. The molecule has 10 heteroatoms. The van der Waals surface area contributed by atoms with Gasteiger partial charge in [-0.15, -0.1) is 0 Å². The van der Waals surface area contributed by atoms with E-state index in [-0.39, 0.29) is 22.3 Å². The third-order valence-electron chi connectivity index (χ3n) is 4.38. The molecule has 0 radical (unpaired) electrons. The fourth-order valence-corrected chi connectivity index (χ4v) is 4.83. The number of hydrogen-bond donors (Lipinski definition) is 2. The first-order valence-electron chi connectivity index (χ1n) is 8.92. The highest BCUT2D eigenvalue weighted by atomic mass is 32.2. The van der Waals surface area contributed by atoms with E-state index in [0.717, 1.165) is 6.42 Å². The first kappa shape index (κ1) is 21.8. The summed E-state index contributed by atoms with van der Waals surface area (Å²) < 4.78 is 31.9. The summed E-state index contributed by atoms with van der Waals surface area (Å²) >= 11 is 0. The maximum Gasteiger partial charge on any atom is 0.338 e. The second-order valence-electron chi connectivity index (χ2n) is 7.00. The molecule has 28 heavy (non-hydrogen) atoms. The Balaban J connectivity index is 2.01. The molecule has 3 amide bonds. The van der Waals surface area contributed by atoms with Gasteiger partial charge in [0.1, 0.15) is 0 Å². The number of nitrogens with zero attached hydrogens (tertiary/aromatic N) is 1. The van der Waals surface area contributed by atoms with Gasteiger partial charge in [0.25, 0.3) is 5.91 Å². The lowest BCUT2D eigenvalue weighted by molar-refractivity contribution is -0.123. The van der Waals surface area contributed by atoms with Gasteiger partial charge in [-0.25, -0.2) is 18.0 Å². The first-order chi connectivity index (χ1) is 13.1. The molecular weight excluding hydrogens is 386 g/mol. The fraction of sp³-hybridized carbons (Fsp3) is 0.500. The second kappa shape index (κ2) is 9.16. The second-order valence-corrected chi connectivity index (χ2v) is 8.93. The molecular formula is C18H25N3O6S. The highest BCUT2D eigenvalue weighted by Gasteiger charge is 2.31. The van der Waals surface area contributed by atoms with E-state index in [1.807, 2.05) is 19.2 Å². The number of carbonyl (C=O) groups is 3. The number of sulfonamides is 1. The molecule has 1 heterocycles. The van der Waals surface area contributed by atoms with E-state index in [1.165, 1.54) is 35.6 Å². The average Bonchev–Trinajstić information content (AvgIpc) is 2.65. The number of rotatable bonds is 5. The van der Waals surface area contributed by atoms with Gasteiger partial charge in [0, 0.05) is 20.1 Å². The summed E-state index contributed by atoms with van der Waals surface area (Å²) in [5.41, 5.74) is 0.104. The van der Waals surface area contributed by atoms with Crippen molar-refractivity contribution in [2.45, 2.75) is 25.2 Å². The molecule has 9 nitrogen and oxygen atoms in total. The van der Waals surface area contributed by atoms with Crippen molar-refractivity contribution in [1.29, 1.82) is 0 Å². The monoisotopic (exact) mass is 411 g/mol. The molecule has 0 bridgehead atoms. The first-order valence-corrected chi connectivity index (χ1v) is 10.4. The Morgan fingerprint density at radius 3 is 2.21 bits per heavy atom. The Bertz CT molecular complexity index is 827. The Morgan fingerprint density at radius 2 is 1.68 bits per heavy atom. The molecule has 2 atom stereocenters. The molecule has 0 aliphatic carbocycles. The third-order valence-corrected chi connectivity index (χ3v) is 6.22. The summed E-state index contributed by atoms with van der Waals surface area (Å²) in [6, 6.07) is 4.66. The van der Waals surface area contributed by atoms with Gasteiger partial charge in [-0.2, -0.15) is 4.31 Å². The number of nitrogens with one attached hydrogen (secondary N) is 2. The van der Waals surface area contributed by atoms with Crippen LogP contribution in [0.4, 0.5) is 4.79 Å². The minimum Gasteiger partial charge on any atom is -0.452 e. The largest absolute Gasteiger partial charge is 0.452 e. The average molecular weight is 411 g/mol. The van der Waals surface area contributed by atoms with E-state index < -0.39 is 34.5 Å². The lowest BCUT2D eigenvalue weighted by atomic mass is 9.94. The molecule has 2 rings (SSSR count). The quantitative estimate of drug-likeness (QED) is 0.696. The number of ether oxygens (including phenoxy) is 1. The van der Waals surface area contributed by atoms with Crippen LogP contribution in [-0.2, 0) is 19.6 Å². The van der Waals surface area contributed by atoms with Crippen LogP contribution in [0.2, 0.25) is 0 Å². The van der Waals surface area contributed by atoms with Gasteiger partial charge in [0.2, 0.25) is 10.0 Å². The Labute approximate surface area is 164 Å². The molecule has 2 N–H and O–H groups in total. The lowest BCUT2D eigenvalue weighted by Crippen LogP contribution is -2.42. The summed E-state index contributed by atoms with van der Waals surface area (Å²) in [7, 11) is -2.30. The van der Waals surface area contributed by atoms with Gasteiger partial charge in [0.05, 0.1) is 10.5 Å². The van der Waals surface area contributed by atoms with Crippen molar-refractivity contribution in [3.05, 3.63) is 29.8 Å². The third kappa shape index (κ3) is 5.52. The number of hydrogen-bond acceptors (Lipinski definition) is 6. The van der Waals surface area contributed by atoms with Crippen molar-refractivity contribution in [2.24, 2.45) is 11.8 Å². The van der Waals surface area contributed by atoms with Crippen LogP contribution in [0.25, 0.3) is 0 Å². The number of carbonyl (C=O) groups excluding carboxylic acids is 3. The number of amides is 3. The van der Waals surface area contributed by atoms with E-state index in [1.54, 1.807) is 0 Å². The van der Waals surface area contributed by atoms with Crippen LogP contribution in [0.15, 0.2) is 29.2 Å². The standard InChI is InChI=1S/C18H25N3O6S/c1-12-8-13(2)10-21(9-12)28(25,26)15-6-4-14(5-7-15)17(23)27-11-16(22)20-18(24)19-3/h4-7,12-13H,8-11H2,1-3H3,(H2,19,20,22,24)/t12-,13-/m1/s1. The molecule has 0 saturated carbocycles. The summed E-state index contributed by atoms with van der Waals surface area (Å²) in [5.74, 6) is -1.00. The zero-order valence-electron chi connectivity index (χ0n) is 16.1. The highest BCUT2D eigenvalue weighted by molar-refractivity contribution is 7.89. The molecule has 154 valence electrons. The van der Waals surface area contributed by atoms with Crippen LogP contribution in [-0.4, -0.2) is 57.4 Å². The molecule has 1 aromatic rings. The van der Waals surface area contributed by atoms with Crippen molar-refractivity contribution in [3.8, 4) is 0 Å². The highest BCUT2D eigenvalue weighted by Crippen LogP contribution is 2.26. The number of esters is 1. The smallest absolute Gasteiger partial charge is 0.338 e. The van der Waals surface area contributed by atoms with E-state index >= 15 is 0 Å². The SMILES string of the molecule is CNC(=O)NC(=O)COC(=O)c1ccc(S(=O)(=O)N2C[C@H](C)C[C@@H](C)C2)cc1. The molecule has 1 aromatic carbocycles. The van der Waals surface area contributed by atoms with Gasteiger partial charge in [-0.05, 0) is 42.5 Å². The van der Waals surface area contributed by atoms with Crippen LogP contribution in [0.5, 0.6) is 0 Å². The zero-order chi connectivity index (χ0) is 20.9. The molecule has 0 spiro atoms. The minimum absolute atomic E-state index is 0.0997. The predicted octanol–water partition coefficient (Wildman–Crippen LogP) is 0.966. The fourth-order valence-electron chi connectivity index (χ4n) is 3.15. The van der Waals surface area contributed by atoms with E-state index in [2.05, 4.69) is 5.32 Å². The van der Waals surface area contributed by atoms with Crippen LogP contribution in [0, 0.1) is 11.8 Å². The van der Waals surface area contributed by atoms with Crippen LogP contribution < -0.4 is 10.6 Å². The van der Waals surface area contributed by atoms with Crippen molar-refractivity contribution in [3.63, 3.8) is 0 Å². The summed E-state index contributed by atoms with van der Waals surface area (Å²) in [6.45, 7) is 4.36. The van der Waals surface area contributed by atoms with E-state index in [0.29, 0.717) is 13.1 Å². The van der Waals surface area contributed by atoms with Gasteiger partial charge < -0.3 is 10.1 Å². The number of benzene rings is 1. The maximum atomic E-state index is 12.8. The zero-order valence-corrected chi connectivity index (χ0v) is 16.9. The lowest BCUT2D eigenvalue weighted by Gasteiger charge is -2.34. The van der Waals surface area contributed by atoms with Crippen molar-refractivity contribution < 1.29 is 27.5 Å². The number of urea groups is 1. The number of piperidine rings is 1. The molecule has 0 unspecified atom stereocenters. The molecule has 1 saturated heterocycles. The molecule has 1 fully saturated rings. The van der Waals surface area contributed by atoms with Crippen molar-refractivity contribution in [2.75, 3.05) is 26.7 Å². The Morgan fingerprint density at radius 1 is 1.11 bits per heavy atom. The maximum absolute atomic E-state index is 12.8. The van der Waals surface area contributed by atoms with Crippen LogP contribution >= 0.6 is 0 Å². The van der Waals surface area contributed by atoms with Gasteiger partial charge in [-0.1, -0.05) is 13.8 Å². The van der Waals surface area contributed by atoms with E-state index in [9.17, 15) is 22.8 Å². The minimum atomic E-state index is -3.64. The summed E-state index contributed by atoms with van der Waals surface area (Å²) in [6.07, 6.45) is 0.990. The molecule has 0 aromatic heterocycles. The van der Waals surface area contributed by atoms with Gasteiger partial charge in [0.15, 0.2) is 6.61 Å². The summed E-state index contributed by atoms with van der Waals surface area (Å²) in [4.78, 5) is 34.5. The van der Waals surface area contributed by atoms with Crippen molar-refractivity contribution >= 4 is 27.9 Å².